The van der Waals surface area contributed by atoms with Gasteiger partial charge in [-0.05, 0) is 18.6 Å². The molecule has 1 aliphatic heterocycles. The van der Waals surface area contributed by atoms with Gasteiger partial charge < -0.3 is 20.1 Å². The second-order valence-corrected chi connectivity index (χ2v) is 4.89. The molecule has 20 heavy (non-hydrogen) atoms. The van der Waals surface area contributed by atoms with E-state index in [-0.39, 0.29) is 6.10 Å². The van der Waals surface area contributed by atoms with Crippen LogP contribution in [0.1, 0.15) is 17.5 Å². The summed E-state index contributed by atoms with van der Waals surface area (Å²) in [7, 11) is 3.60. The third-order valence-corrected chi connectivity index (χ3v) is 3.31. The second-order valence-electron chi connectivity index (χ2n) is 4.89. The minimum absolute atomic E-state index is 0.166. The zero-order chi connectivity index (χ0) is 14.4. The van der Waals surface area contributed by atoms with Crippen molar-refractivity contribution in [3.05, 3.63) is 29.3 Å². The largest absolute Gasteiger partial charge is 0.488 e. The summed E-state index contributed by atoms with van der Waals surface area (Å²) >= 11 is 0. The average molecular weight is 277 g/mol. The SMILES string of the molecule is CN=C(NC)NCc1ccc(C)cc1OC1CCOC1. The lowest BCUT2D eigenvalue weighted by atomic mass is 10.1. The first-order chi connectivity index (χ1) is 9.72. The molecule has 2 rings (SSSR count). The molecule has 1 aliphatic rings. The van der Waals surface area contributed by atoms with Gasteiger partial charge in [-0.3, -0.25) is 4.99 Å². The lowest BCUT2D eigenvalue weighted by Crippen LogP contribution is -2.34. The van der Waals surface area contributed by atoms with E-state index in [2.05, 4.69) is 40.7 Å². The maximum absolute atomic E-state index is 6.06. The Labute approximate surface area is 120 Å². The van der Waals surface area contributed by atoms with Gasteiger partial charge in [0.05, 0.1) is 13.2 Å². The number of guanidine groups is 1. The van der Waals surface area contributed by atoms with Crippen LogP contribution in [0.15, 0.2) is 23.2 Å². The van der Waals surface area contributed by atoms with Crippen LogP contribution in [-0.2, 0) is 11.3 Å². The number of ether oxygens (including phenoxy) is 2. The first kappa shape index (κ1) is 14.7. The lowest BCUT2D eigenvalue weighted by molar-refractivity contribution is 0.140. The van der Waals surface area contributed by atoms with Crippen molar-refractivity contribution in [1.29, 1.82) is 0 Å². The molecule has 1 aromatic carbocycles. The monoisotopic (exact) mass is 277 g/mol. The molecule has 0 saturated carbocycles. The summed E-state index contributed by atoms with van der Waals surface area (Å²) in [6.45, 7) is 4.22. The number of nitrogens with one attached hydrogen (secondary N) is 2. The van der Waals surface area contributed by atoms with Crippen molar-refractivity contribution in [2.75, 3.05) is 27.3 Å². The van der Waals surface area contributed by atoms with Crippen molar-refractivity contribution in [2.45, 2.75) is 26.0 Å². The molecule has 1 unspecified atom stereocenters. The standard InChI is InChI=1S/C15H23N3O2/c1-11-4-5-12(9-18-15(16-2)17-3)14(8-11)20-13-6-7-19-10-13/h4-5,8,13H,6-7,9-10H2,1-3H3,(H2,16,17,18). The molecular weight excluding hydrogens is 254 g/mol. The number of hydrogen-bond donors (Lipinski definition) is 2. The molecule has 5 nitrogen and oxygen atoms in total. The highest BCUT2D eigenvalue weighted by molar-refractivity contribution is 5.79. The first-order valence-electron chi connectivity index (χ1n) is 6.95. The van der Waals surface area contributed by atoms with E-state index in [1.807, 2.05) is 7.05 Å². The fraction of sp³-hybridized carbons (Fsp3) is 0.533. The molecule has 1 aromatic rings. The molecule has 0 aromatic heterocycles. The highest BCUT2D eigenvalue weighted by Gasteiger charge is 2.18. The van der Waals surface area contributed by atoms with Gasteiger partial charge >= 0.3 is 0 Å². The second kappa shape index (κ2) is 7.14. The van der Waals surface area contributed by atoms with E-state index in [1.165, 1.54) is 5.56 Å². The summed E-state index contributed by atoms with van der Waals surface area (Å²) in [5, 5.41) is 6.25. The zero-order valence-electron chi connectivity index (χ0n) is 12.4. The van der Waals surface area contributed by atoms with Gasteiger partial charge in [0.2, 0.25) is 0 Å². The van der Waals surface area contributed by atoms with Crippen LogP contribution in [0.25, 0.3) is 0 Å². The van der Waals surface area contributed by atoms with Gasteiger partial charge in [-0.15, -0.1) is 0 Å². The van der Waals surface area contributed by atoms with E-state index in [0.717, 1.165) is 30.3 Å². The normalized spacial score (nSPS) is 18.9. The molecule has 1 atom stereocenters. The van der Waals surface area contributed by atoms with E-state index in [0.29, 0.717) is 13.2 Å². The van der Waals surface area contributed by atoms with Crippen LogP contribution in [0.2, 0.25) is 0 Å². The number of aryl methyl sites for hydroxylation is 1. The number of aliphatic imine (C=N–C) groups is 1. The first-order valence-corrected chi connectivity index (χ1v) is 6.95. The van der Waals surface area contributed by atoms with E-state index in [9.17, 15) is 0 Å². The third-order valence-electron chi connectivity index (χ3n) is 3.31. The molecule has 0 bridgehead atoms. The van der Waals surface area contributed by atoms with Gasteiger partial charge in [0.15, 0.2) is 5.96 Å². The van der Waals surface area contributed by atoms with Crippen molar-refractivity contribution in [3.63, 3.8) is 0 Å². The quantitative estimate of drug-likeness (QED) is 0.646. The Kier molecular flexibility index (Phi) is 5.24. The van der Waals surface area contributed by atoms with Crippen LogP contribution in [-0.4, -0.2) is 39.4 Å². The van der Waals surface area contributed by atoms with Crippen molar-refractivity contribution in [2.24, 2.45) is 4.99 Å². The smallest absolute Gasteiger partial charge is 0.190 e. The minimum Gasteiger partial charge on any atom is -0.488 e. The Balaban J connectivity index is 2.06. The van der Waals surface area contributed by atoms with Gasteiger partial charge in [-0.2, -0.15) is 0 Å². The summed E-state index contributed by atoms with van der Waals surface area (Å²) in [4.78, 5) is 4.11. The van der Waals surface area contributed by atoms with Crippen molar-refractivity contribution in [3.8, 4) is 5.75 Å². The molecule has 1 heterocycles. The lowest BCUT2D eigenvalue weighted by Gasteiger charge is -2.17. The molecule has 0 aliphatic carbocycles. The van der Waals surface area contributed by atoms with Crippen LogP contribution < -0.4 is 15.4 Å². The van der Waals surface area contributed by atoms with Gasteiger partial charge in [0.25, 0.3) is 0 Å². The van der Waals surface area contributed by atoms with Crippen LogP contribution in [0, 0.1) is 6.92 Å². The average Bonchev–Trinajstić information content (AvgIpc) is 2.95. The highest BCUT2D eigenvalue weighted by Crippen LogP contribution is 2.23. The van der Waals surface area contributed by atoms with Crippen molar-refractivity contribution >= 4 is 5.96 Å². The summed E-state index contributed by atoms with van der Waals surface area (Å²) in [6, 6.07) is 6.27. The van der Waals surface area contributed by atoms with Crippen LogP contribution in [0.5, 0.6) is 5.75 Å². The van der Waals surface area contributed by atoms with Gasteiger partial charge in [-0.25, -0.2) is 0 Å². The van der Waals surface area contributed by atoms with E-state index >= 15 is 0 Å². The Hall–Kier alpha value is -1.75. The molecule has 1 fully saturated rings. The minimum atomic E-state index is 0.166. The number of benzene rings is 1. The zero-order valence-corrected chi connectivity index (χ0v) is 12.4. The fourth-order valence-corrected chi connectivity index (χ4v) is 2.16. The molecular formula is C15H23N3O2. The molecule has 5 heteroatoms. The molecule has 110 valence electrons. The number of rotatable bonds is 4. The van der Waals surface area contributed by atoms with Gasteiger partial charge in [0, 0.05) is 32.6 Å². The molecule has 0 spiro atoms. The van der Waals surface area contributed by atoms with E-state index < -0.39 is 0 Å². The fourth-order valence-electron chi connectivity index (χ4n) is 2.16. The third kappa shape index (κ3) is 3.87. The Morgan fingerprint density at radius 3 is 3.00 bits per heavy atom. The molecule has 0 radical (unpaired) electrons. The maximum Gasteiger partial charge on any atom is 0.190 e. The maximum atomic E-state index is 6.06. The summed E-state index contributed by atoms with van der Waals surface area (Å²) < 4.78 is 11.4. The molecule has 2 N–H and O–H groups in total. The molecule has 1 saturated heterocycles. The topological polar surface area (TPSA) is 54.9 Å². The Bertz CT molecular complexity index is 468. The number of hydrogen-bond acceptors (Lipinski definition) is 3. The summed E-state index contributed by atoms with van der Waals surface area (Å²) in [6.07, 6.45) is 1.12. The Morgan fingerprint density at radius 1 is 1.50 bits per heavy atom. The molecule has 0 amide bonds. The Morgan fingerprint density at radius 2 is 2.35 bits per heavy atom. The summed E-state index contributed by atoms with van der Waals surface area (Å²) in [5.74, 6) is 1.69. The van der Waals surface area contributed by atoms with Crippen LogP contribution in [0.4, 0.5) is 0 Å². The summed E-state index contributed by atoms with van der Waals surface area (Å²) in [5.41, 5.74) is 2.32. The van der Waals surface area contributed by atoms with Crippen LogP contribution >= 0.6 is 0 Å². The highest BCUT2D eigenvalue weighted by atomic mass is 16.5. The van der Waals surface area contributed by atoms with Gasteiger partial charge in [-0.1, -0.05) is 12.1 Å². The van der Waals surface area contributed by atoms with Crippen molar-refractivity contribution < 1.29 is 9.47 Å². The van der Waals surface area contributed by atoms with E-state index in [1.54, 1.807) is 7.05 Å². The van der Waals surface area contributed by atoms with E-state index in [4.69, 9.17) is 9.47 Å². The number of nitrogens with zero attached hydrogens (tertiary/aromatic N) is 1. The predicted octanol–water partition coefficient (Wildman–Crippen LogP) is 1.46. The van der Waals surface area contributed by atoms with Crippen molar-refractivity contribution in [1.82, 2.24) is 10.6 Å². The van der Waals surface area contributed by atoms with Crippen LogP contribution in [0.3, 0.4) is 0 Å². The predicted molar refractivity (Wildman–Crippen MR) is 80.3 cm³/mol. The van der Waals surface area contributed by atoms with Gasteiger partial charge in [0.1, 0.15) is 11.9 Å².